The SMILES string of the molecule is CC(NC(=O)c1c(C(F)F)nn(C)c1F)c1cc(Cl)ccc1Cl.Cn1nc(C(F)F)c(C(=O)NCc2cc(Cl)ccc2Cl)c1F. The third kappa shape index (κ3) is 8.63. The molecular weight excluding hydrogens is 696 g/mol. The van der Waals surface area contributed by atoms with E-state index >= 15 is 0 Å². The van der Waals surface area contributed by atoms with E-state index in [2.05, 4.69) is 20.8 Å². The normalized spacial score (nSPS) is 11.8. The summed E-state index contributed by atoms with van der Waals surface area (Å²) in [5.74, 6) is -4.28. The number of carbonyl (C=O) groups is 2. The molecule has 4 aromatic rings. The van der Waals surface area contributed by atoms with Crippen molar-refractivity contribution in [1.29, 1.82) is 0 Å². The van der Waals surface area contributed by atoms with Gasteiger partial charge in [0.1, 0.15) is 22.5 Å². The second-order valence-electron chi connectivity index (χ2n) is 9.23. The average molecular weight is 718 g/mol. The minimum Gasteiger partial charge on any atom is -0.348 e. The minimum absolute atomic E-state index is 0.0881. The van der Waals surface area contributed by atoms with Crippen LogP contribution in [0.5, 0.6) is 0 Å². The topological polar surface area (TPSA) is 93.8 Å². The molecule has 0 bridgehead atoms. The predicted molar refractivity (Wildman–Crippen MR) is 156 cm³/mol. The molecule has 242 valence electrons. The van der Waals surface area contributed by atoms with Crippen LogP contribution in [-0.2, 0) is 20.6 Å². The molecule has 0 radical (unpaired) electrons. The van der Waals surface area contributed by atoms with Crippen molar-refractivity contribution in [2.45, 2.75) is 32.4 Å². The fourth-order valence-corrected chi connectivity index (χ4v) is 4.75. The van der Waals surface area contributed by atoms with Gasteiger partial charge in [0.05, 0.1) is 6.04 Å². The fraction of sp³-hybridized carbons (Fsp3) is 0.259. The molecule has 0 spiro atoms. The lowest BCUT2D eigenvalue weighted by Crippen LogP contribution is -2.28. The van der Waals surface area contributed by atoms with Crippen LogP contribution in [0.4, 0.5) is 26.3 Å². The van der Waals surface area contributed by atoms with Crippen LogP contribution < -0.4 is 10.6 Å². The summed E-state index contributed by atoms with van der Waals surface area (Å²) in [6.07, 6.45) is -6.14. The van der Waals surface area contributed by atoms with Crippen LogP contribution in [0, 0.1) is 11.9 Å². The Labute approximate surface area is 272 Å². The molecule has 1 atom stereocenters. The van der Waals surface area contributed by atoms with Gasteiger partial charge in [-0.15, -0.1) is 0 Å². The largest absolute Gasteiger partial charge is 0.348 e. The number of aromatic nitrogens is 4. The van der Waals surface area contributed by atoms with Crippen LogP contribution in [0.1, 0.15) is 69.0 Å². The summed E-state index contributed by atoms with van der Waals surface area (Å²) in [5.41, 5.74) is -2.43. The van der Waals surface area contributed by atoms with Crippen molar-refractivity contribution < 1.29 is 35.9 Å². The number of benzene rings is 2. The van der Waals surface area contributed by atoms with Crippen LogP contribution in [0.3, 0.4) is 0 Å². The molecule has 2 amide bonds. The van der Waals surface area contributed by atoms with E-state index in [0.29, 0.717) is 40.6 Å². The molecular formula is C27H22Cl4F6N6O2. The first-order chi connectivity index (χ1) is 21.0. The number of carbonyl (C=O) groups excluding carboxylic acids is 2. The molecule has 0 aliphatic heterocycles. The van der Waals surface area contributed by atoms with Crippen molar-refractivity contribution in [1.82, 2.24) is 30.2 Å². The summed E-state index contributed by atoms with van der Waals surface area (Å²) in [4.78, 5) is 24.1. The number of halogens is 10. The quantitative estimate of drug-likeness (QED) is 0.181. The third-order valence-corrected chi connectivity index (χ3v) is 7.28. The predicted octanol–water partition coefficient (Wildman–Crippen LogP) is 8.03. The first-order valence-corrected chi connectivity index (χ1v) is 14.0. The van der Waals surface area contributed by atoms with Gasteiger partial charge in [0.2, 0.25) is 11.9 Å². The Kier molecular flexibility index (Phi) is 12.2. The van der Waals surface area contributed by atoms with Gasteiger partial charge in [0.15, 0.2) is 0 Å². The van der Waals surface area contributed by atoms with E-state index in [1.165, 1.54) is 24.3 Å². The molecule has 0 aliphatic rings. The number of nitrogens with zero attached hydrogens (tertiary/aromatic N) is 4. The molecule has 0 saturated carbocycles. The van der Waals surface area contributed by atoms with E-state index in [0.717, 1.165) is 14.1 Å². The second kappa shape index (κ2) is 15.2. The third-order valence-electron chi connectivity index (χ3n) is 6.10. The molecule has 1 unspecified atom stereocenters. The van der Waals surface area contributed by atoms with E-state index in [4.69, 9.17) is 46.4 Å². The number of amides is 2. The number of aryl methyl sites for hydroxylation is 2. The lowest BCUT2D eigenvalue weighted by molar-refractivity contribution is 0.0917. The van der Waals surface area contributed by atoms with Crippen molar-refractivity contribution in [2.75, 3.05) is 0 Å². The Morgan fingerprint density at radius 1 is 0.778 bits per heavy atom. The number of hydrogen-bond acceptors (Lipinski definition) is 4. The standard InChI is InChI=1S/C14H12Cl2F3N3O.C13H10Cl2F3N3O/c1-6(8-5-7(15)3-4-9(8)16)20-14(23)10-11(12(17)18)21-22(2)13(10)19;1-21-12(18)9(10(20-21)11(16)17)13(22)19-5-6-4-7(14)2-3-8(6)15/h3-6,12H,1-2H3,(H,20,23);2-4,11H,5H2,1H3,(H,19,22). The van der Waals surface area contributed by atoms with E-state index in [1.807, 2.05) is 0 Å². The van der Waals surface area contributed by atoms with E-state index in [-0.39, 0.29) is 6.54 Å². The first-order valence-electron chi connectivity index (χ1n) is 12.5. The maximum atomic E-state index is 13.9. The monoisotopic (exact) mass is 716 g/mol. The van der Waals surface area contributed by atoms with Crippen molar-refractivity contribution >= 4 is 58.2 Å². The summed E-state index contributed by atoms with van der Waals surface area (Å²) in [6, 6.07) is 8.57. The van der Waals surface area contributed by atoms with Crippen molar-refractivity contribution in [3.8, 4) is 0 Å². The zero-order valence-electron chi connectivity index (χ0n) is 23.3. The number of hydrogen-bond donors (Lipinski definition) is 2. The Morgan fingerprint density at radius 3 is 1.76 bits per heavy atom. The summed E-state index contributed by atoms with van der Waals surface area (Å²) < 4.78 is 80.2. The Balaban J connectivity index is 0.000000246. The van der Waals surface area contributed by atoms with Gasteiger partial charge >= 0.3 is 0 Å². The minimum atomic E-state index is -3.07. The van der Waals surface area contributed by atoms with Crippen LogP contribution in [0.15, 0.2) is 36.4 Å². The highest BCUT2D eigenvalue weighted by atomic mass is 35.5. The summed E-state index contributed by atoms with van der Waals surface area (Å²) in [7, 11) is 2.26. The van der Waals surface area contributed by atoms with Gasteiger partial charge in [-0.05, 0) is 54.4 Å². The smallest absolute Gasteiger partial charge is 0.283 e. The maximum Gasteiger partial charge on any atom is 0.283 e. The van der Waals surface area contributed by atoms with Crippen molar-refractivity contribution in [3.63, 3.8) is 0 Å². The van der Waals surface area contributed by atoms with Crippen LogP contribution >= 0.6 is 46.4 Å². The molecule has 2 aromatic heterocycles. The van der Waals surface area contributed by atoms with E-state index in [9.17, 15) is 35.9 Å². The molecule has 2 aromatic carbocycles. The highest BCUT2D eigenvalue weighted by Crippen LogP contribution is 2.29. The Morgan fingerprint density at radius 2 is 1.24 bits per heavy atom. The fourth-order valence-electron chi connectivity index (χ4n) is 3.91. The Bertz CT molecular complexity index is 1720. The van der Waals surface area contributed by atoms with E-state index < -0.39 is 65.1 Å². The first kappa shape index (κ1) is 36.0. The molecule has 0 aliphatic carbocycles. The molecule has 0 saturated heterocycles. The maximum absolute atomic E-state index is 13.9. The lowest BCUT2D eigenvalue weighted by atomic mass is 10.1. The average Bonchev–Trinajstić information content (AvgIpc) is 3.45. The summed E-state index contributed by atoms with van der Waals surface area (Å²) in [5, 5.41) is 12.8. The molecule has 2 heterocycles. The zero-order chi connectivity index (χ0) is 33.7. The molecule has 18 heteroatoms. The second-order valence-corrected chi connectivity index (χ2v) is 10.9. The van der Waals surface area contributed by atoms with Gasteiger partial charge in [-0.25, -0.2) is 26.9 Å². The van der Waals surface area contributed by atoms with Gasteiger partial charge in [-0.2, -0.15) is 19.0 Å². The molecule has 2 N–H and O–H groups in total. The summed E-state index contributed by atoms with van der Waals surface area (Å²) in [6.45, 7) is 1.49. The van der Waals surface area contributed by atoms with Gasteiger partial charge in [0, 0.05) is 40.7 Å². The number of alkyl halides is 4. The van der Waals surface area contributed by atoms with Gasteiger partial charge in [-0.3, -0.25) is 9.59 Å². The zero-order valence-corrected chi connectivity index (χ0v) is 26.3. The van der Waals surface area contributed by atoms with Gasteiger partial charge in [0.25, 0.3) is 24.7 Å². The van der Waals surface area contributed by atoms with E-state index in [1.54, 1.807) is 19.1 Å². The molecule has 45 heavy (non-hydrogen) atoms. The van der Waals surface area contributed by atoms with Crippen molar-refractivity contribution in [3.05, 3.63) is 102 Å². The number of rotatable bonds is 8. The van der Waals surface area contributed by atoms with Crippen LogP contribution in [-0.4, -0.2) is 31.4 Å². The molecule has 8 nitrogen and oxygen atoms in total. The van der Waals surface area contributed by atoms with Crippen molar-refractivity contribution in [2.24, 2.45) is 14.1 Å². The van der Waals surface area contributed by atoms with Gasteiger partial charge in [-0.1, -0.05) is 46.4 Å². The highest BCUT2D eigenvalue weighted by Gasteiger charge is 2.30. The molecule has 4 rings (SSSR count). The number of nitrogens with one attached hydrogen (secondary N) is 2. The Hall–Kier alpha value is -3.46. The van der Waals surface area contributed by atoms with Gasteiger partial charge < -0.3 is 10.6 Å². The highest BCUT2D eigenvalue weighted by molar-refractivity contribution is 6.34. The summed E-state index contributed by atoms with van der Waals surface area (Å²) >= 11 is 23.6. The van der Waals surface area contributed by atoms with Crippen LogP contribution in [0.2, 0.25) is 20.1 Å². The molecule has 0 fully saturated rings. The lowest BCUT2D eigenvalue weighted by Gasteiger charge is -2.16. The van der Waals surface area contributed by atoms with Crippen LogP contribution in [0.25, 0.3) is 0 Å².